The first-order valence-electron chi connectivity index (χ1n) is 10.5. The molecule has 1 nitrogen and oxygen atoms in total. The van der Waals surface area contributed by atoms with Gasteiger partial charge in [0.15, 0.2) is 0 Å². The highest BCUT2D eigenvalue weighted by Crippen LogP contribution is 2.40. The first-order valence-corrected chi connectivity index (χ1v) is 10.5. The van der Waals surface area contributed by atoms with E-state index in [4.69, 9.17) is 0 Å². The average Bonchev–Trinajstić information content (AvgIpc) is 3.15. The zero-order valence-corrected chi connectivity index (χ0v) is 18.3. The fourth-order valence-electron chi connectivity index (χ4n) is 4.38. The summed E-state index contributed by atoms with van der Waals surface area (Å²) < 4.78 is 0. The lowest BCUT2D eigenvalue weighted by atomic mass is 9.69. The molecular formula is C26H37N. The molecule has 1 N–H and O–H groups in total. The summed E-state index contributed by atoms with van der Waals surface area (Å²) >= 11 is 0. The summed E-state index contributed by atoms with van der Waals surface area (Å²) in [6, 6.07) is 19.2. The molecule has 1 aliphatic heterocycles. The topological polar surface area (TPSA) is 12.0 Å². The lowest BCUT2D eigenvalue weighted by Gasteiger charge is -2.38. The van der Waals surface area contributed by atoms with Gasteiger partial charge in [-0.2, -0.15) is 0 Å². The molecule has 0 aromatic heterocycles. The van der Waals surface area contributed by atoms with Crippen molar-refractivity contribution in [2.24, 2.45) is 0 Å². The molecule has 0 bridgehead atoms. The Hall–Kier alpha value is -1.60. The van der Waals surface area contributed by atoms with E-state index in [0.29, 0.717) is 6.04 Å². The molecule has 0 unspecified atom stereocenters. The smallest absolute Gasteiger partial charge is 0.0327 e. The Morgan fingerprint density at radius 3 is 1.30 bits per heavy atom. The van der Waals surface area contributed by atoms with Crippen molar-refractivity contribution in [3.63, 3.8) is 0 Å². The predicted octanol–water partition coefficient (Wildman–Crippen LogP) is 6.34. The molecule has 0 radical (unpaired) electrons. The van der Waals surface area contributed by atoms with Crippen LogP contribution >= 0.6 is 0 Å². The minimum absolute atomic E-state index is 0.0106. The van der Waals surface area contributed by atoms with Crippen molar-refractivity contribution < 1.29 is 0 Å². The molecule has 146 valence electrons. The molecule has 1 aliphatic rings. The van der Waals surface area contributed by atoms with Gasteiger partial charge in [-0.25, -0.2) is 0 Å². The quantitative estimate of drug-likeness (QED) is 0.671. The van der Waals surface area contributed by atoms with Crippen molar-refractivity contribution in [2.45, 2.75) is 83.6 Å². The molecule has 1 fully saturated rings. The first kappa shape index (κ1) is 20.1. The van der Waals surface area contributed by atoms with Gasteiger partial charge in [0.1, 0.15) is 0 Å². The van der Waals surface area contributed by atoms with Crippen LogP contribution in [0.1, 0.15) is 83.6 Å². The third kappa shape index (κ3) is 3.99. The highest BCUT2D eigenvalue weighted by molar-refractivity contribution is 5.44. The van der Waals surface area contributed by atoms with Crippen LogP contribution in [0.3, 0.4) is 0 Å². The SMILES string of the molecule is CC(C)(C)c1ccc(C(C)(c2ccc(C(C)(C)C)cc2)[C@H]2CCCN2)cc1. The van der Waals surface area contributed by atoms with Crippen LogP contribution in [0, 0.1) is 0 Å². The summed E-state index contributed by atoms with van der Waals surface area (Å²) in [7, 11) is 0. The van der Waals surface area contributed by atoms with Crippen LogP contribution in [0.15, 0.2) is 48.5 Å². The number of rotatable bonds is 3. The van der Waals surface area contributed by atoms with Gasteiger partial charge in [0.05, 0.1) is 0 Å². The Labute approximate surface area is 166 Å². The second-order valence-corrected chi connectivity index (χ2v) is 10.5. The molecule has 1 heteroatoms. The van der Waals surface area contributed by atoms with Crippen molar-refractivity contribution in [1.29, 1.82) is 0 Å². The van der Waals surface area contributed by atoms with Crippen molar-refractivity contribution in [3.8, 4) is 0 Å². The summed E-state index contributed by atoms with van der Waals surface area (Å²) in [5.74, 6) is 0. The Morgan fingerprint density at radius 1 is 0.630 bits per heavy atom. The van der Waals surface area contributed by atoms with Gasteiger partial charge in [-0.3, -0.25) is 0 Å². The van der Waals surface area contributed by atoms with Crippen LogP contribution in [-0.4, -0.2) is 12.6 Å². The van der Waals surface area contributed by atoms with Crippen molar-refractivity contribution in [2.75, 3.05) is 6.54 Å². The summed E-state index contributed by atoms with van der Waals surface area (Å²) in [6.07, 6.45) is 2.50. The van der Waals surface area contributed by atoms with Crippen molar-refractivity contribution >= 4 is 0 Å². The van der Waals surface area contributed by atoms with Crippen LogP contribution in [0.4, 0.5) is 0 Å². The number of hydrogen-bond acceptors (Lipinski definition) is 1. The number of hydrogen-bond donors (Lipinski definition) is 1. The van der Waals surface area contributed by atoms with Gasteiger partial charge in [0.25, 0.3) is 0 Å². The number of nitrogens with one attached hydrogen (secondary N) is 1. The normalized spacial score (nSPS) is 18.7. The van der Waals surface area contributed by atoms with Crippen LogP contribution in [-0.2, 0) is 16.2 Å². The highest BCUT2D eigenvalue weighted by Gasteiger charge is 2.39. The summed E-state index contributed by atoms with van der Waals surface area (Å²) in [5.41, 5.74) is 6.00. The van der Waals surface area contributed by atoms with Gasteiger partial charge in [-0.1, -0.05) is 90.1 Å². The van der Waals surface area contributed by atoms with E-state index >= 15 is 0 Å². The molecule has 2 aromatic carbocycles. The maximum atomic E-state index is 3.78. The van der Waals surface area contributed by atoms with Crippen molar-refractivity contribution in [3.05, 3.63) is 70.8 Å². The molecule has 3 rings (SSSR count). The van der Waals surface area contributed by atoms with Gasteiger partial charge < -0.3 is 5.32 Å². The van der Waals surface area contributed by atoms with Gasteiger partial charge in [-0.05, 0) is 59.4 Å². The van der Waals surface area contributed by atoms with Crippen LogP contribution in [0.5, 0.6) is 0 Å². The van der Waals surface area contributed by atoms with E-state index in [1.165, 1.54) is 35.1 Å². The third-order valence-corrected chi connectivity index (χ3v) is 6.46. The average molecular weight is 364 g/mol. The van der Waals surface area contributed by atoms with Gasteiger partial charge in [0, 0.05) is 11.5 Å². The van der Waals surface area contributed by atoms with Gasteiger partial charge in [0.2, 0.25) is 0 Å². The highest BCUT2D eigenvalue weighted by atomic mass is 15.0. The second kappa shape index (κ2) is 7.09. The van der Waals surface area contributed by atoms with Crippen LogP contribution < -0.4 is 5.32 Å². The molecule has 0 spiro atoms. The zero-order chi connectivity index (χ0) is 19.9. The Balaban J connectivity index is 2.05. The monoisotopic (exact) mass is 363 g/mol. The second-order valence-electron chi connectivity index (χ2n) is 10.5. The third-order valence-electron chi connectivity index (χ3n) is 6.46. The molecule has 0 amide bonds. The van der Waals surface area contributed by atoms with Crippen LogP contribution in [0.25, 0.3) is 0 Å². The Kier molecular flexibility index (Phi) is 5.29. The molecule has 2 aromatic rings. The maximum Gasteiger partial charge on any atom is 0.0327 e. The van der Waals surface area contributed by atoms with Crippen molar-refractivity contribution in [1.82, 2.24) is 5.32 Å². The predicted molar refractivity (Wildman–Crippen MR) is 118 cm³/mol. The van der Waals surface area contributed by atoms with E-state index in [0.717, 1.165) is 6.54 Å². The van der Waals surface area contributed by atoms with E-state index in [-0.39, 0.29) is 16.2 Å². The molecule has 1 heterocycles. The molecule has 0 saturated carbocycles. The summed E-state index contributed by atoms with van der Waals surface area (Å²) in [4.78, 5) is 0. The summed E-state index contributed by atoms with van der Waals surface area (Å²) in [6.45, 7) is 17.2. The maximum absolute atomic E-state index is 3.78. The van der Waals surface area contributed by atoms with E-state index in [1.807, 2.05) is 0 Å². The first-order chi connectivity index (χ1) is 12.5. The summed E-state index contributed by atoms with van der Waals surface area (Å²) in [5, 5.41) is 3.78. The molecular weight excluding hydrogens is 326 g/mol. The van der Waals surface area contributed by atoms with E-state index in [9.17, 15) is 0 Å². The standard InChI is InChI=1S/C26H37N/c1-24(2,3)19-10-14-21(15-11-19)26(7,23-9-8-18-27-23)22-16-12-20(13-17-22)25(4,5)6/h10-17,23,27H,8-9,18H2,1-7H3/t23-/m1/s1. The van der Waals surface area contributed by atoms with Gasteiger partial charge in [-0.15, -0.1) is 0 Å². The molecule has 1 saturated heterocycles. The van der Waals surface area contributed by atoms with Gasteiger partial charge >= 0.3 is 0 Å². The van der Waals surface area contributed by atoms with E-state index in [1.54, 1.807) is 0 Å². The molecule has 27 heavy (non-hydrogen) atoms. The largest absolute Gasteiger partial charge is 0.313 e. The minimum atomic E-state index is -0.0106. The molecule has 0 aliphatic carbocycles. The Bertz CT molecular complexity index is 690. The lowest BCUT2D eigenvalue weighted by molar-refractivity contribution is 0.406. The fraction of sp³-hybridized carbons (Fsp3) is 0.538. The fourth-order valence-corrected chi connectivity index (χ4v) is 4.38. The molecule has 1 atom stereocenters. The zero-order valence-electron chi connectivity index (χ0n) is 18.3. The van der Waals surface area contributed by atoms with Crippen LogP contribution in [0.2, 0.25) is 0 Å². The lowest BCUT2D eigenvalue weighted by Crippen LogP contribution is -2.44. The minimum Gasteiger partial charge on any atom is -0.313 e. The number of benzene rings is 2. The Morgan fingerprint density at radius 2 is 1.00 bits per heavy atom. The van der Waals surface area contributed by atoms with E-state index < -0.39 is 0 Å². The van der Waals surface area contributed by atoms with E-state index in [2.05, 4.69) is 102 Å².